The van der Waals surface area contributed by atoms with E-state index < -0.39 is 0 Å². The predicted molar refractivity (Wildman–Crippen MR) is 77.4 cm³/mol. The van der Waals surface area contributed by atoms with Gasteiger partial charge in [0.25, 0.3) is 0 Å². The van der Waals surface area contributed by atoms with Crippen LogP contribution in [0.1, 0.15) is 49.7 Å². The maximum absolute atomic E-state index is 10.5. The molecule has 0 aromatic carbocycles. The van der Waals surface area contributed by atoms with Gasteiger partial charge in [-0.15, -0.1) is 11.3 Å². The molecule has 1 aliphatic carbocycles. The Kier molecular flexibility index (Phi) is 4.32. The van der Waals surface area contributed by atoms with E-state index in [1.807, 2.05) is 0 Å². The standard InChI is InChI=1S/C14H21BrOS/c1-8-4-9(2)6-11(5-8)13(16)12-7-10(3)14(15)17-12/h7-9,11,13,16H,4-6H2,1-3H3. The largest absolute Gasteiger partial charge is 0.387 e. The van der Waals surface area contributed by atoms with Crippen molar-refractivity contribution < 1.29 is 5.11 Å². The van der Waals surface area contributed by atoms with Crippen molar-refractivity contribution in [2.75, 3.05) is 0 Å². The Bertz CT molecular complexity index is 358. The van der Waals surface area contributed by atoms with Crippen LogP contribution in [0.15, 0.2) is 9.85 Å². The van der Waals surface area contributed by atoms with Gasteiger partial charge in [0.2, 0.25) is 0 Å². The molecule has 1 aromatic rings. The first-order chi connectivity index (χ1) is 7.97. The highest BCUT2D eigenvalue weighted by molar-refractivity contribution is 9.11. The molecule has 3 unspecified atom stereocenters. The molecule has 17 heavy (non-hydrogen) atoms. The van der Waals surface area contributed by atoms with Crippen LogP contribution in [0.4, 0.5) is 0 Å². The van der Waals surface area contributed by atoms with Gasteiger partial charge in [0, 0.05) is 4.88 Å². The van der Waals surface area contributed by atoms with Crippen LogP contribution in [0.3, 0.4) is 0 Å². The van der Waals surface area contributed by atoms with Gasteiger partial charge in [-0.05, 0) is 71.5 Å². The smallest absolute Gasteiger partial charge is 0.0910 e. The Hall–Kier alpha value is 0.140. The van der Waals surface area contributed by atoms with E-state index in [0.717, 1.165) is 20.5 Å². The minimum atomic E-state index is -0.268. The number of hydrogen-bond donors (Lipinski definition) is 1. The van der Waals surface area contributed by atoms with Crippen molar-refractivity contribution in [3.8, 4) is 0 Å². The highest BCUT2D eigenvalue weighted by Crippen LogP contribution is 2.42. The first-order valence-corrected chi connectivity index (χ1v) is 8.02. The van der Waals surface area contributed by atoms with Gasteiger partial charge in [-0.2, -0.15) is 0 Å². The third kappa shape index (κ3) is 3.12. The third-order valence-corrected chi connectivity index (χ3v) is 6.04. The van der Waals surface area contributed by atoms with Crippen LogP contribution in [0.2, 0.25) is 0 Å². The number of hydrogen-bond acceptors (Lipinski definition) is 2. The fourth-order valence-electron chi connectivity index (χ4n) is 3.13. The summed E-state index contributed by atoms with van der Waals surface area (Å²) in [4.78, 5) is 1.13. The fraction of sp³-hybridized carbons (Fsp3) is 0.714. The molecule has 2 rings (SSSR count). The maximum Gasteiger partial charge on any atom is 0.0910 e. The van der Waals surface area contributed by atoms with Crippen LogP contribution in [-0.2, 0) is 0 Å². The zero-order chi connectivity index (χ0) is 12.6. The molecule has 1 aliphatic rings. The number of rotatable bonds is 2. The Balaban J connectivity index is 2.11. The molecule has 0 spiro atoms. The monoisotopic (exact) mass is 316 g/mol. The molecular formula is C14H21BrOS. The molecule has 96 valence electrons. The molecule has 1 nitrogen and oxygen atoms in total. The number of aryl methyl sites for hydroxylation is 1. The van der Waals surface area contributed by atoms with Gasteiger partial charge in [0.15, 0.2) is 0 Å². The van der Waals surface area contributed by atoms with E-state index >= 15 is 0 Å². The molecule has 3 heteroatoms. The van der Waals surface area contributed by atoms with Gasteiger partial charge in [-0.3, -0.25) is 0 Å². The second kappa shape index (κ2) is 5.41. The lowest BCUT2D eigenvalue weighted by molar-refractivity contribution is 0.0576. The summed E-state index contributed by atoms with van der Waals surface area (Å²) in [7, 11) is 0. The number of thiophene rings is 1. The molecule has 3 atom stereocenters. The van der Waals surface area contributed by atoms with Gasteiger partial charge in [0.1, 0.15) is 0 Å². The minimum Gasteiger partial charge on any atom is -0.387 e. The van der Waals surface area contributed by atoms with Crippen molar-refractivity contribution in [1.29, 1.82) is 0 Å². The van der Waals surface area contributed by atoms with E-state index in [2.05, 4.69) is 42.8 Å². The molecule has 0 amide bonds. The molecule has 1 saturated carbocycles. The van der Waals surface area contributed by atoms with Gasteiger partial charge in [0.05, 0.1) is 9.89 Å². The Morgan fingerprint density at radius 1 is 1.29 bits per heavy atom. The lowest BCUT2D eigenvalue weighted by Gasteiger charge is -2.34. The van der Waals surface area contributed by atoms with Gasteiger partial charge in [-0.1, -0.05) is 13.8 Å². The zero-order valence-electron chi connectivity index (χ0n) is 10.7. The molecule has 1 N–H and O–H groups in total. The zero-order valence-corrected chi connectivity index (χ0v) is 13.1. The first kappa shape index (κ1) is 13.6. The highest BCUT2D eigenvalue weighted by Gasteiger charge is 2.30. The summed E-state index contributed by atoms with van der Waals surface area (Å²) in [6.45, 7) is 6.71. The molecule has 0 bridgehead atoms. The summed E-state index contributed by atoms with van der Waals surface area (Å²) in [5.41, 5.74) is 1.24. The van der Waals surface area contributed by atoms with Crippen molar-refractivity contribution in [3.63, 3.8) is 0 Å². The first-order valence-electron chi connectivity index (χ1n) is 6.41. The van der Waals surface area contributed by atoms with Crippen LogP contribution >= 0.6 is 27.3 Å². The molecule has 1 fully saturated rings. The Morgan fingerprint density at radius 3 is 2.35 bits per heavy atom. The van der Waals surface area contributed by atoms with E-state index in [0.29, 0.717) is 5.92 Å². The van der Waals surface area contributed by atoms with Gasteiger partial charge < -0.3 is 5.11 Å². The highest BCUT2D eigenvalue weighted by atomic mass is 79.9. The van der Waals surface area contributed by atoms with Crippen molar-refractivity contribution >= 4 is 27.3 Å². The topological polar surface area (TPSA) is 20.2 Å². The summed E-state index contributed by atoms with van der Waals surface area (Å²) in [5.74, 6) is 1.95. The molecule has 0 saturated heterocycles. The van der Waals surface area contributed by atoms with E-state index in [1.165, 1.54) is 24.8 Å². The molecular weight excluding hydrogens is 296 g/mol. The number of aliphatic hydroxyl groups is 1. The third-order valence-electron chi connectivity index (χ3n) is 3.83. The van der Waals surface area contributed by atoms with E-state index in [9.17, 15) is 5.11 Å². The average molecular weight is 317 g/mol. The van der Waals surface area contributed by atoms with Crippen LogP contribution in [0.5, 0.6) is 0 Å². The quantitative estimate of drug-likeness (QED) is 0.820. The van der Waals surface area contributed by atoms with Gasteiger partial charge in [-0.25, -0.2) is 0 Å². The maximum atomic E-state index is 10.5. The van der Waals surface area contributed by atoms with E-state index in [4.69, 9.17) is 0 Å². The number of halogens is 1. The lowest BCUT2D eigenvalue weighted by atomic mass is 9.74. The Labute approximate surface area is 116 Å². The molecule has 1 aromatic heterocycles. The summed E-state index contributed by atoms with van der Waals surface area (Å²) in [5, 5.41) is 10.5. The van der Waals surface area contributed by atoms with Crippen molar-refractivity contribution in [1.82, 2.24) is 0 Å². The molecule has 0 radical (unpaired) electrons. The summed E-state index contributed by atoms with van der Waals surface area (Å²) < 4.78 is 1.16. The number of aliphatic hydroxyl groups excluding tert-OH is 1. The minimum absolute atomic E-state index is 0.268. The van der Waals surface area contributed by atoms with Gasteiger partial charge >= 0.3 is 0 Å². The predicted octanol–water partition coefficient (Wildman–Crippen LogP) is 4.92. The van der Waals surface area contributed by atoms with Crippen LogP contribution < -0.4 is 0 Å². The van der Waals surface area contributed by atoms with Crippen molar-refractivity contribution in [2.45, 2.75) is 46.1 Å². The van der Waals surface area contributed by atoms with Crippen molar-refractivity contribution in [2.24, 2.45) is 17.8 Å². The van der Waals surface area contributed by atoms with E-state index in [1.54, 1.807) is 11.3 Å². The normalized spacial score (nSPS) is 31.5. The second-order valence-corrected chi connectivity index (χ2v) is 8.13. The second-order valence-electron chi connectivity index (χ2n) is 5.73. The van der Waals surface area contributed by atoms with E-state index in [-0.39, 0.29) is 6.10 Å². The Morgan fingerprint density at radius 2 is 1.88 bits per heavy atom. The van der Waals surface area contributed by atoms with Crippen LogP contribution in [0.25, 0.3) is 0 Å². The van der Waals surface area contributed by atoms with Crippen molar-refractivity contribution in [3.05, 3.63) is 20.3 Å². The molecule has 1 heterocycles. The molecule has 0 aliphatic heterocycles. The average Bonchev–Trinajstić information content (AvgIpc) is 2.57. The fourth-order valence-corrected chi connectivity index (χ4v) is 4.78. The summed E-state index contributed by atoms with van der Waals surface area (Å²) >= 11 is 5.22. The summed E-state index contributed by atoms with van der Waals surface area (Å²) in [6, 6.07) is 2.13. The SMILES string of the molecule is Cc1cc(C(O)C2CC(C)CC(C)C2)sc1Br. The van der Waals surface area contributed by atoms with Crippen LogP contribution in [-0.4, -0.2) is 5.11 Å². The summed E-state index contributed by atoms with van der Waals surface area (Å²) in [6.07, 6.45) is 3.38. The van der Waals surface area contributed by atoms with Crippen LogP contribution in [0, 0.1) is 24.7 Å². The lowest BCUT2D eigenvalue weighted by Crippen LogP contribution is -2.24.